The topological polar surface area (TPSA) is 53.4 Å². The zero-order chi connectivity index (χ0) is 13.0. The van der Waals surface area contributed by atoms with Gasteiger partial charge in [0.2, 0.25) is 0 Å². The van der Waals surface area contributed by atoms with Crippen molar-refractivity contribution in [2.24, 2.45) is 5.92 Å². The van der Waals surface area contributed by atoms with Gasteiger partial charge in [0.25, 0.3) is 0 Å². The fourth-order valence-corrected chi connectivity index (χ4v) is 2.59. The lowest BCUT2D eigenvalue weighted by Crippen LogP contribution is -2.28. The summed E-state index contributed by atoms with van der Waals surface area (Å²) in [5.74, 6) is 0.0585. The van der Waals surface area contributed by atoms with E-state index in [0.717, 1.165) is 23.9 Å². The Hall–Kier alpha value is -0.720. The average molecular weight is 317 g/mol. The minimum absolute atomic E-state index is 0.0481. The number of rotatable bonds is 5. The van der Waals surface area contributed by atoms with E-state index in [1.807, 2.05) is 0 Å². The summed E-state index contributed by atoms with van der Waals surface area (Å²) in [6, 6.07) is 0. The van der Waals surface area contributed by atoms with Crippen molar-refractivity contribution in [1.29, 1.82) is 0 Å². The maximum atomic E-state index is 12.5. The predicted molar refractivity (Wildman–Crippen MR) is 69.7 cm³/mol. The number of ether oxygens (including phenoxy) is 2. The van der Waals surface area contributed by atoms with Crippen LogP contribution in [0.1, 0.15) is 23.3 Å². The molecule has 100 valence electrons. The highest BCUT2D eigenvalue weighted by atomic mass is 79.9. The summed E-state index contributed by atoms with van der Waals surface area (Å²) in [6.45, 7) is 2.39. The van der Waals surface area contributed by atoms with Gasteiger partial charge in [-0.3, -0.25) is 9.48 Å². The van der Waals surface area contributed by atoms with E-state index < -0.39 is 0 Å². The van der Waals surface area contributed by atoms with Crippen LogP contribution >= 0.6 is 15.9 Å². The fraction of sp³-hybridized carbons (Fsp3) is 0.667. The third-order valence-electron chi connectivity index (χ3n) is 3.07. The molecule has 0 saturated carbocycles. The van der Waals surface area contributed by atoms with Crippen molar-refractivity contribution in [3.05, 3.63) is 16.4 Å². The van der Waals surface area contributed by atoms with Gasteiger partial charge in [0, 0.05) is 19.6 Å². The van der Waals surface area contributed by atoms with Crippen LogP contribution in [0.5, 0.6) is 0 Å². The molecule has 1 fully saturated rings. The lowest BCUT2D eigenvalue weighted by Gasteiger charge is -2.21. The minimum Gasteiger partial charge on any atom is -0.383 e. The number of carbonyl (C=O) groups is 1. The summed E-state index contributed by atoms with van der Waals surface area (Å²) in [4.78, 5) is 12.5. The molecule has 0 spiro atoms. The third-order valence-corrected chi connectivity index (χ3v) is 3.65. The van der Waals surface area contributed by atoms with E-state index in [0.29, 0.717) is 25.5 Å². The molecule has 2 rings (SSSR count). The van der Waals surface area contributed by atoms with Crippen molar-refractivity contribution < 1.29 is 14.3 Å². The molecule has 1 aliphatic rings. The van der Waals surface area contributed by atoms with Crippen LogP contribution in [0.3, 0.4) is 0 Å². The van der Waals surface area contributed by atoms with Gasteiger partial charge in [-0.15, -0.1) is 0 Å². The highest BCUT2D eigenvalue weighted by Gasteiger charge is 2.27. The lowest BCUT2D eigenvalue weighted by molar-refractivity contribution is 0.0452. The van der Waals surface area contributed by atoms with E-state index in [4.69, 9.17) is 9.47 Å². The first-order valence-corrected chi connectivity index (χ1v) is 6.85. The van der Waals surface area contributed by atoms with Gasteiger partial charge in [0.15, 0.2) is 5.78 Å². The molecule has 1 aromatic heterocycles. The van der Waals surface area contributed by atoms with Gasteiger partial charge in [-0.2, -0.15) is 5.10 Å². The number of methoxy groups -OCH3 is 1. The third kappa shape index (κ3) is 2.99. The Labute approximate surface area is 115 Å². The Balaban J connectivity index is 2.14. The molecule has 1 aliphatic heterocycles. The zero-order valence-corrected chi connectivity index (χ0v) is 12.0. The van der Waals surface area contributed by atoms with E-state index in [9.17, 15) is 4.79 Å². The summed E-state index contributed by atoms with van der Waals surface area (Å²) < 4.78 is 12.8. The number of aromatic nitrogens is 2. The summed E-state index contributed by atoms with van der Waals surface area (Å²) in [5.41, 5.74) is 0.627. The van der Waals surface area contributed by atoms with Gasteiger partial charge in [-0.1, -0.05) is 0 Å². The van der Waals surface area contributed by atoms with Crippen LogP contribution in [0.15, 0.2) is 10.7 Å². The Morgan fingerprint density at radius 1 is 1.72 bits per heavy atom. The maximum absolute atomic E-state index is 12.5. The van der Waals surface area contributed by atoms with Gasteiger partial charge in [0.05, 0.1) is 30.4 Å². The second-order valence-corrected chi connectivity index (χ2v) is 5.19. The van der Waals surface area contributed by atoms with E-state index in [-0.39, 0.29) is 11.7 Å². The SMILES string of the molecule is COCCn1ncc(Br)c1C(=O)C1CCCOC1. The molecule has 1 atom stereocenters. The molecule has 6 heteroatoms. The predicted octanol–water partition coefficient (Wildman–Crippen LogP) is 1.90. The molecule has 0 aliphatic carbocycles. The van der Waals surface area contributed by atoms with Crippen molar-refractivity contribution >= 4 is 21.7 Å². The van der Waals surface area contributed by atoms with E-state index in [2.05, 4.69) is 21.0 Å². The first-order chi connectivity index (χ1) is 8.74. The highest BCUT2D eigenvalue weighted by molar-refractivity contribution is 9.10. The monoisotopic (exact) mass is 316 g/mol. The molecule has 2 heterocycles. The van der Waals surface area contributed by atoms with Crippen molar-refractivity contribution in [3.8, 4) is 0 Å². The molecule has 0 N–H and O–H groups in total. The summed E-state index contributed by atoms with van der Waals surface area (Å²) in [5, 5.41) is 4.20. The van der Waals surface area contributed by atoms with Gasteiger partial charge in [-0.25, -0.2) is 0 Å². The molecule has 1 unspecified atom stereocenters. The number of halogens is 1. The van der Waals surface area contributed by atoms with Crippen molar-refractivity contribution in [1.82, 2.24) is 9.78 Å². The molecule has 0 radical (unpaired) electrons. The maximum Gasteiger partial charge on any atom is 0.187 e. The molecule has 0 aromatic carbocycles. The number of ketones is 1. The quantitative estimate of drug-likeness (QED) is 0.779. The van der Waals surface area contributed by atoms with Gasteiger partial charge < -0.3 is 9.47 Å². The van der Waals surface area contributed by atoms with Crippen molar-refractivity contribution in [3.63, 3.8) is 0 Å². The van der Waals surface area contributed by atoms with Crippen LogP contribution in [0.4, 0.5) is 0 Å². The second-order valence-electron chi connectivity index (χ2n) is 4.34. The number of nitrogens with zero attached hydrogens (tertiary/aromatic N) is 2. The summed E-state index contributed by atoms with van der Waals surface area (Å²) in [7, 11) is 1.63. The molecule has 18 heavy (non-hydrogen) atoms. The number of hydrogen-bond donors (Lipinski definition) is 0. The standard InChI is InChI=1S/C12H17BrN2O3/c1-17-6-4-15-11(10(13)7-14-15)12(16)9-3-2-5-18-8-9/h7,9H,2-6,8H2,1H3. The van der Waals surface area contributed by atoms with Crippen LogP contribution in [0.2, 0.25) is 0 Å². The summed E-state index contributed by atoms with van der Waals surface area (Å²) in [6.07, 6.45) is 3.49. The smallest absolute Gasteiger partial charge is 0.187 e. The minimum atomic E-state index is -0.0481. The zero-order valence-electron chi connectivity index (χ0n) is 10.4. The molecule has 0 amide bonds. The fourth-order valence-electron chi connectivity index (χ4n) is 2.10. The Kier molecular flexibility index (Phi) is 4.91. The van der Waals surface area contributed by atoms with Crippen LogP contribution < -0.4 is 0 Å². The average Bonchev–Trinajstić information content (AvgIpc) is 2.77. The highest BCUT2D eigenvalue weighted by Crippen LogP contribution is 2.24. The van der Waals surface area contributed by atoms with Gasteiger partial charge in [0.1, 0.15) is 5.69 Å². The van der Waals surface area contributed by atoms with E-state index in [1.165, 1.54) is 0 Å². The van der Waals surface area contributed by atoms with Crippen LogP contribution in [-0.4, -0.2) is 42.5 Å². The van der Waals surface area contributed by atoms with Crippen molar-refractivity contribution in [2.45, 2.75) is 19.4 Å². The Morgan fingerprint density at radius 3 is 3.22 bits per heavy atom. The lowest BCUT2D eigenvalue weighted by atomic mass is 9.95. The first-order valence-electron chi connectivity index (χ1n) is 6.06. The van der Waals surface area contributed by atoms with E-state index >= 15 is 0 Å². The second kappa shape index (κ2) is 6.45. The van der Waals surface area contributed by atoms with Crippen molar-refractivity contribution in [2.75, 3.05) is 26.9 Å². The number of Topliss-reactive ketones (excluding diaryl/α,β-unsaturated/α-hetero) is 1. The molecular weight excluding hydrogens is 300 g/mol. The van der Waals surface area contributed by atoms with Crippen LogP contribution in [0.25, 0.3) is 0 Å². The molecule has 0 bridgehead atoms. The number of carbonyl (C=O) groups excluding carboxylic acids is 1. The molecule has 5 nitrogen and oxygen atoms in total. The normalized spacial score (nSPS) is 20.0. The summed E-state index contributed by atoms with van der Waals surface area (Å²) >= 11 is 3.39. The number of hydrogen-bond acceptors (Lipinski definition) is 4. The Bertz CT molecular complexity index is 413. The van der Waals surface area contributed by atoms with Gasteiger partial charge in [-0.05, 0) is 28.8 Å². The van der Waals surface area contributed by atoms with Crippen LogP contribution in [-0.2, 0) is 16.0 Å². The molecule has 1 aromatic rings. The molecule has 1 saturated heterocycles. The Morgan fingerprint density at radius 2 is 2.56 bits per heavy atom. The van der Waals surface area contributed by atoms with E-state index in [1.54, 1.807) is 18.0 Å². The van der Waals surface area contributed by atoms with Crippen LogP contribution in [0, 0.1) is 5.92 Å². The first kappa shape index (κ1) is 13.7. The molecular formula is C12H17BrN2O3. The van der Waals surface area contributed by atoms with Gasteiger partial charge >= 0.3 is 0 Å². The largest absolute Gasteiger partial charge is 0.383 e.